The van der Waals surface area contributed by atoms with Gasteiger partial charge in [-0.2, -0.15) is 0 Å². The number of hydrogen-bond acceptors (Lipinski definition) is 4. The number of anilines is 1. The quantitative estimate of drug-likeness (QED) is 0.835. The molecule has 2 rings (SSSR count). The molecule has 2 aromatic carbocycles. The van der Waals surface area contributed by atoms with Crippen LogP contribution < -0.4 is 14.8 Å². The Kier molecular flexibility index (Phi) is 5.34. The number of rotatable bonds is 6. The largest absolute Gasteiger partial charge is 0.493 e. The Morgan fingerprint density at radius 1 is 1.22 bits per heavy atom. The summed E-state index contributed by atoms with van der Waals surface area (Å²) in [6.07, 6.45) is 0. The number of halogens is 1. The van der Waals surface area contributed by atoms with E-state index in [2.05, 4.69) is 5.32 Å². The van der Waals surface area contributed by atoms with Gasteiger partial charge in [-0.25, -0.2) is 4.79 Å². The van der Waals surface area contributed by atoms with Crippen molar-refractivity contribution in [3.8, 4) is 11.5 Å². The highest BCUT2D eigenvalue weighted by molar-refractivity contribution is 6.32. The number of carboxylic acid groups (broad SMARTS) is 1. The Hall–Kier alpha value is -2.40. The van der Waals surface area contributed by atoms with Gasteiger partial charge in [0.1, 0.15) is 0 Å². The van der Waals surface area contributed by atoms with Gasteiger partial charge in [-0.1, -0.05) is 17.7 Å². The minimum absolute atomic E-state index is 0.239. The second-order valence-corrected chi connectivity index (χ2v) is 5.41. The van der Waals surface area contributed by atoms with Crippen LogP contribution in [0.3, 0.4) is 0 Å². The molecule has 23 heavy (non-hydrogen) atoms. The molecule has 0 aliphatic carbocycles. The number of hydrogen-bond donors (Lipinski definition) is 2. The van der Waals surface area contributed by atoms with Crippen molar-refractivity contribution in [3.63, 3.8) is 0 Å². The third-order valence-corrected chi connectivity index (χ3v) is 3.74. The third kappa shape index (κ3) is 3.87. The van der Waals surface area contributed by atoms with Crippen LogP contribution in [0.1, 0.15) is 21.5 Å². The topological polar surface area (TPSA) is 67.8 Å². The molecule has 122 valence electrons. The molecule has 0 radical (unpaired) electrons. The lowest BCUT2D eigenvalue weighted by molar-refractivity contribution is 0.0697. The molecule has 0 aliphatic rings. The van der Waals surface area contributed by atoms with Gasteiger partial charge in [-0.15, -0.1) is 0 Å². The van der Waals surface area contributed by atoms with E-state index in [9.17, 15) is 4.79 Å². The summed E-state index contributed by atoms with van der Waals surface area (Å²) in [7, 11) is 3.08. The van der Waals surface area contributed by atoms with Gasteiger partial charge in [-0.05, 0) is 42.3 Å². The van der Waals surface area contributed by atoms with Gasteiger partial charge < -0.3 is 19.9 Å². The van der Waals surface area contributed by atoms with Crippen LogP contribution in [0.4, 0.5) is 5.69 Å². The van der Waals surface area contributed by atoms with E-state index in [1.54, 1.807) is 31.4 Å². The molecule has 0 fully saturated rings. The van der Waals surface area contributed by atoms with E-state index in [-0.39, 0.29) is 5.56 Å². The van der Waals surface area contributed by atoms with Crippen molar-refractivity contribution in [1.82, 2.24) is 0 Å². The zero-order chi connectivity index (χ0) is 17.0. The van der Waals surface area contributed by atoms with E-state index in [1.807, 2.05) is 13.0 Å². The summed E-state index contributed by atoms with van der Waals surface area (Å²) in [5.74, 6) is 0.0805. The fraction of sp³-hybridized carbons (Fsp3) is 0.235. The number of aromatic carboxylic acids is 1. The van der Waals surface area contributed by atoms with Crippen molar-refractivity contribution in [2.24, 2.45) is 0 Å². The molecule has 0 saturated carbocycles. The molecule has 0 aromatic heterocycles. The monoisotopic (exact) mass is 335 g/mol. The lowest BCUT2D eigenvalue weighted by atomic mass is 10.1. The zero-order valence-electron chi connectivity index (χ0n) is 13.1. The van der Waals surface area contributed by atoms with Crippen molar-refractivity contribution in [2.75, 3.05) is 19.5 Å². The molecule has 0 unspecified atom stereocenters. The smallest absolute Gasteiger partial charge is 0.335 e. The van der Waals surface area contributed by atoms with Crippen LogP contribution in [0, 0.1) is 6.92 Å². The predicted molar refractivity (Wildman–Crippen MR) is 90.0 cm³/mol. The first-order valence-electron chi connectivity index (χ1n) is 6.94. The second kappa shape index (κ2) is 7.24. The predicted octanol–water partition coefficient (Wildman–Crippen LogP) is 3.98. The van der Waals surface area contributed by atoms with Crippen molar-refractivity contribution in [2.45, 2.75) is 13.5 Å². The zero-order valence-corrected chi connectivity index (χ0v) is 13.9. The lowest BCUT2D eigenvalue weighted by Crippen LogP contribution is -2.04. The number of carbonyl (C=O) groups is 1. The van der Waals surface area contributed by atoms with E-state index in [0.29, 0.717) is 23.1 Å². The van der Waals surface area contributed by atoms with E-state index in [4.69, 9.17) is 26.2 Å². The Bertz CT molecular complexity index is 731. The molecule has 0 spiro atoms. The summed E-state index contributed by atoms with van der Waals surface area (Å²) >= 11 is 6.18. The van der Waals surface area contributed by atoms with Gasteiger partial charge in [0, 0.05) is 12.2 Å². The van der Waals surface area contributed by atoms with Crippen molar-refractivity contribution in [3.05, 3.63) is 52.0 Å². The van der Waals surface area contributed by atoms with E-state index < -0.39 is 5.97 Å². The van der Waals surface area contributed by atoms with E-state index in [1.165, 1.54) is 7.11 Å². The van der Waals surface area contributed by atoms with Crippen molar-refractivity contribution < 1.29 is 19.4 Å². The van der Waals surface area contributed by atoms with Crippen LogP contribution in [-0.4, -0.2) is 25.3 Å². The number of nitrogens with one attached hydrogen (secondary N) is 1. The fourth-order valence-corrected chi connectivity index (χ4v) is 2.53. The molecule has 0 bridgehead atoms. The highest BCUT2D eigenvalue weighted by atomic mass is 35.5. The summed E-state index contributed by atoms with van der Waals surface area (Å²) in [6, 6.07) is 8.57. The maximum atomic E-state index is 11.1. The second-order valence-electron chi connectivity index (χ2n) is 5.00. The fourth-order valence-electron chi connectivity index (χ4n) is 2.22. The molecule has 5 nitrogen and oxygen atoms in total. The van der Waals surface area contributed by atoms with Gasteiger partial charge in [-0.3, -0.25) is 0 Å². The van der Waals surface area contributed by atoms with Crippen molar-refractivity contribution >= 4 is 23.3 Å². The highest BCUT2D eigenvalue weighted by Crippen LogP contribution is 2.36. The van der Waals surface area contributed by atoms with Gasteiger partial charge in [0.25, 0.3) is 0 Å². The normalized spacial score (nSPS) is 10.3. The minimum atomic E-state index is -0.956. The first kappa shape index (κ1) is 17.0. The molecule has 0 amide bonds. The number of aryl methyl sites for hydroxylation is 1. The van der Waals surface area contributed by atoms with Gasteiger partial charge in [0.05, 0.1) is 24.8 Å². The highest BCUT2D eigenvalue weighted by Gasteiger charge is 2.11. The van der Waals surface area contributed by atoms with Crippen LogP contribution in [0.2, 0.25) is 5.02 Å². The molecule has 2 aromatic rings. The summed E-state index contributed by atoms with van der Waals surface area (Å²) in [4.78, 5) is 11.1. The summed E-state index contributed by atoms with van der Waals surface area (Å²) < 4.78 is 10.5. The Labute approximate surface area is 139 Å². The van der Waals surface area contributed by atoms with Gasteiger partial charge in [0.2, 0.25) is 0 Å². The number of carboxylic acids is 1. The van der Waals surface area contributed by atoms with Crippen LogP contribution in [0.15, 0.2) is 30.3 Å². The third-order valence-electron chi connectivity index (χ3n) is 3.46. The van der Waals surface area contributed by atoms with E-state index in [0.717, 1.165) is 16.8 Å². The van der Waals surface area contributed by atoms with Crippen LogP contribution in [-0.2, 0) is 6.54 Å². The average molecular weight is 336 g/mol. The Morgan fingerprint density at radius 2 is 1.96 bits per heavy atom. The minimum Gasteiger partial charge on any atom is -0.493 e. The number of methoxy groups -OCH3 is 2. The molecule has 0 saturated heterocycles. The molecule has 0 heterocycles. The first-order chi connectivity index (χ1) is 11.0. The molecular formula is C17H18ClNO4. The maximum absolute atomic E-state index is 11.1. The first-order valence-corrected chi connectivity index (χ1v) is 7.32. The van der Waals surface area contributed by atoms with Crippen LogP contribution in [0.25, 0.3) is 0 Å². The summed E-state index contributed by atoms with van der Waals surface area (Å²) in [5, 5.41) is 12.8. The molecule has 0 atom stereocenters. The van der Waals surface area contributed by atoms with E-state index >= 15 is 0 Å². The molecule has 6 heteroatoms. The lowest BCUT2D eigenvalue weighted by Gasteiger charge is -2.14. The molecular weight excluding hydrogens is 318 g/mol. The Balaban J connectivity index is 2.23. The molecule has 0 aliphatic heterocycles. The summed E-state index contributed by atoms with van der Waals surface area (Å²) in [5.41, 5.74) is 2.86. The van der Waals surface area contributed by atoms with Crippen LogP contribution >= 0.6 is 11.6 Å². The maximum Gasteiger partial charge on any atom is 0.335 e. The van der Waals surface area contributed by atoms with Gasteiger partial charge in [0.15, 0.2) is 11.5 Å². The average Bonchev–Trinajstić information content (AvgIpc) is 2.53. The Morgan fingerprint density at radius 3 is 2.57 bits per heavy atom. The number of benzene rings is 2. The number of ether oxygens (including phenoxy) is 2. The SMILES string of the molecule is COc1cc(CNc2cc(C(=O)O)ccc2C)cc(Cl)c1OC. The standard InChI is InChI=1S/C17H18ClNO4/c1-10-4-5-12(17(20)21)8-14(10)19-9-11-6-13(18)16(23-3)15(7-11)22-2/h4-8,19H,9H2,1-3H3,(H,20,21). The molecule has 2 N–H and O–H groups in total. The van der Waals surface area contributed by atoms with Crippen molar-refractivity contribution in [1.29, 1.82) is 0 Å². The summed E-state index contributed by atoms with van der Waals surface area (Å²) in [6.45, 7) is 2.39. The van der Waals surface area contributed by atoms with Gasteiger partial charge >= 0.3 is 5.97 Å². The van der Waals surface area contributed by atoms with Crippen LogP contribution in [0.5, 0.6) is 11.5 Å².